The molecule has 0 fully saturated rings. The Labute approximate surface area is 88.2 Å². The maximum absolute atomic E-state index is 11.3. The minimum Gasteiger partial charge on any atom is -0.491 e. The fourth-order valence-electron chi connectivity index (χ4n) is 1.68. The summed E-state index contributed by atoms with van der Waals surface area (Å²) >= 11 is 0. The first-order chi connectivity index (χ1) is 7.31. The zero-order chi connectivity index (χ0) is 10.7. The van der Waals surface area contributed by atoms with Crippen LogP contribution in [0.15, 0.2) is 18.3 Å². The van der Waals surface area contributed by atoms with Crippen molar-refractivity contribution in [3.05, 3.63) is 24.0 Å². The third kappa shape index (κ3) is 2.09. The van der Waals surface area contributed by atoms with Crippen molar-refractivity contribution in [3.8, 4) is 5.75 Å². The van der Waals surface area contributed by atoms with Gasteiger partial charge in [0, 0.05) is 12.1 Å². The molecule has 2 rings (SSSR count). The van der Waals surface area contributed by atoms with Gasteiger partial charge in [-0.15, -0.1) is 0 Å². The summed E-state index contributed by atoms with van der Waals surface area (Å²) in [5.41, 5.74) is 0.866. The standard InChI is InChI=1S/C11H13NO3/c1-2-14-10(13)6-8-7-15-9-4-3-5-12-11(8)9/h3-5,8H,2,6-7H2,1H3. The minimum absolute atomic E-state index is 0.0419. The number of nitrogens with zero attached hydrogens (tertiary/aromatic N) is 1. The lowest BCUT2D eigenvalue weighted by molar-refractivity contribution is -0.143. The third-order valence-electron chi connectivity index (χ3n) is 2.34. The first kappa shape index (κ1) is 9.96. The molecule has 15 heavy (non-hydrogen) atoms. The molecule has 1 unspecified atom stereocenters. The molecule has 1 atom stereocenters. The second-order valence-corrected chi connectivity index (χ2v) is 3.40. The largest absolute Gasteiger partial charge is 0.491 e. The number of fused-ring (bicyclic) bond motifs is 1. The van der Waals surface area contributed by atoms with Gasteiger partial charge >= 0.3 is 5.97 Å². The number of pyridine rings is 1. The van der Waals surface area contributed by atoms with Gasteiger partial charge in [-0.2, -0.15) is 0 Å². The Morgan fingerprint density at radius 2 is 2.60 bits per heavy atom. The fraction of sp³-hybridized carbons (Fsp3) is 0.455. The lowest BCUT2D eigenvalue weighted by Gasteiger charge is -2.06. The number of hydrogen-bond acceptors (Lipinski definition) is 4. The van der Waals surface area contributed by atoms with Crippen molar-refractivity contribution in [2.45, 2.75) is 19.3 Å². The molecule has 1 aromatic heterocycles. The van der Waals surface area contributed by atoms with Crippen LogP contribution in [0.5, 0.6) is 5.75 Å². The van der Waals surface area contributed by atoms with Gasteiger partial charge < -0.3 is 9.47 Å². The molecular formula is C11H13NO3. The molecule has 1 aliphatic rings. The van der Waals surface area contributed by atoms with E-state index in [0.717, 1.165) is 11.4 Å². The first-order valence-electron chi connectivity index (χ1n) is 5.04. The second kappa shape index (κ2) is 4.29. The van der Waals surface area contributed by atoms with E-state index in [9.17, 15) is 4.79 Å². The molecule has 1 aromatic rings. The van der Waals surface area contributed by atoms with Gasteiger partial charge in [-0.1, -0.05) is 0 Å². The third-order valence-corrected chi connectivity index (χ3v) is 2.34. The Morgan fingerprint density at radius 1 is 1.73 bits per heavy atom. The molecule has 0 spiro atoms. The predicted molar refractivity (Wildman–Crippen MR) is 53.7 cm³/mol. The average Bonchev–Trinajstić information content (AvgIpc) is 2.62. The highest BCUT2D eigenvalue weighted by molar-refractivity contribution is 5.70. The van der Waals surface area contributed by atoms with Crippen molar-refractivity contribution >= 4 is 5.97 Å². The van der Waals surface area contributed by atoms with Crippen molar-refractivity contribution in [2.24, 2.45) is 0 Å². The summed E-state index contributed by atoms with van der Waals surface area (Å²) in [6.45, 7) is 2.74. The van der Waals surface area contributed by atoms with Gasteiger partial charge in [0.25, 0.3) is 0 Å². The maximum Gasteiger partial charge on any atom is 0.306 e. The summed E-state index contributed by atoms with van der Waals surface area (Å²) in [6.07, 6.45) is 2.06. The summed E-state index contributed by atoms with van der Waals surface area (Å²) in [4.78, 5) is 15.5. The highest BCUT2D eigenvalue weighted by Crippen LogP contribution is 2.33. The highest BCUT2D eigenvalue weighted by atomic mass is 16.5. The SMILES string of the molecule is CCOC(=O)CC1COc2cccnc21. The van der Waals surface area contributed by atoms with Crippen molar-refractivity contribution < 1.29 is 14.3 Å². The monoisotopic (exact) mass is 207 g/mol. The molecule has 0 aromatic carbocycles. The van der Waals surface area contributed by atoms with Crippen molar-refractivity contribution in [1.82, 2.24) is 4.98 Å². The molecular weight excluding hydrogens is 194 g/mol. The molecule has 4 heteroatoms. The van der Waals surface area contributed by atoms with Gasteiger partial charge in [0.15, 0.2) is 0 Å². The van der Waals surface area contributed by atoms with Crippen LogP contribution in [0.3, 0.4) is 0 Å². The van der Waals surface area contributed by atoms with Crippen LogP contribution < -0.4 is 4.74 Å². The number of carbonyl (C=O) groups excluding carboxylic acids is 1. The Kier molecular flexibility index (Phi) is 2.85. The molecule has 0 amide bonds. The highest BCUT2D eigenvalue weighted by Gasteiger charge is 2.27. The molecule has 0 bridgehead atoms. The van der Waals surface area contributed by atoms with Gasteiger partial charge in [-0.25, -0.2) is 0 Å². The van der Waals surface area contributed by atoms with Crippen molar-refractivity contribution in [2.75, 3.05) is 13.2 Å². The number of carbonyl (C=O) groups is 1. The van der Waals surface area contributed by atoms with E-state index < -0.39 is 0 Å². The summed E-state index contributed by atoms with van der Waals surface area (Å²) in [5.74, 6) is 0.636. The van der Waals surface area contributed by atoms with Crippen molar-refractivity contribution in [3.63, 3.8) is 0 Å². The molecule has 0 saturated carbocycles. The molecule has 80 valence electrons. The second-order valence-electron chi connectivity index (χ2n) is 3.40. The summed E-state index contributed by atoms with van der Waals surface area (Å²) in [6, 6.07) is 3.69. The zero-order valence-electron chi connectivity index (χ0n) is 8.60. The van der Waals surface area contributed by atoms with Crippen LogP contribution in [0.4, 0.5) is 0 Å². The van der Waals surface area contributed by atoms with E-state index in [1.807, 2.05) is 12.1 Å². The summed E-state index contributed by atoms with van der Waals surface area (Å²) in [5, 5.41) is 0. The van der Waals surface area contributed by atoms with E-state index in [-0.39, 0.29) is 11.9 Å². The molecule has 0 N–H and O–H groups in total. The Hall–Kier alpha value is -1.58. The summed E-state index contributed by atoms with van der Waals surface area (Å²) in [7, 11) is 0. The number of aromatic nitrogens is 1. The van der Waals surface area contributed by atoms with Crippen LogP contribution in [0.2, 0.25) is 0 Å². The summed E-state index contributed by atoms with van der Waals surface area (Å²) < 4.78 is 10.3. The van der Waals surface area contributed by atoms with Crippen LogP contribution in [0.25, 0.3) is 0 Å². The van der Waals surface area contributed by atoms with Gasteiger partial charge in [0.05, 0.1) is 25.3 Å². The molecule has 0 radical (unpaired) electrons. The van der Waals surface area contributed by atoms with Crippen LogP contribution in [0.1, 0.15) is 25.0 Å². The molecule has 4 nitrogen and oxygen atoms in total. The maximum atomic E-state index is 11.3. The van der Waals surface area contributed by atoms with Crippen LogP contribution >= 0.6 is 0 Å². The van der Waals surface area contributed by atoms with Gasteiger partial charge in [0.1, 0.15) is 5.75 Å². The van der Waals surface area contributed by atoms with E-state index in [0.29, 0.717) is 19.6 Å². The molecule has 1 aliphatic heterocycles. The Bertz CT molecular complexity index is 365. The van der Waals surface area contributed by atoms with E-state index in [2.05, 4.69) is 4.98 Å². The van der Waals surface area contributed by atoms with Crippen LogP contribution in [-0.2, 0) is 9.53 Å². The van der Waals surface area contributed by atoms with Gasteiger partial charge in [-0.3, -0.25) is 9.78 Å². The fourth-order valence-corrected chi connectivity index (χ4v) is 1.68. The van der Waals surface area contributed by atoms with Crippen LogP contribution in [-0.4, -0.2) is 24.2 Å². The lowest BCUT2D eigenvalue weighted by atomic mass is 10.0. The Morgan fingerprint density at radius 3 is 3.40 bits per heavy atom. The van der Waals surface area contributed by atoms with E-state index >= 15 is 0 Å². The number of ether oxygens (including phenoxy) is 2. The average molecular weight is 207 g/mol. The molecule has 0 saturated heterocycles. The molecule has 0 aliphatic carbocycles. The number of hydrogen-bond donors (Lipinski definition) is 0. The normalized spacial score (nSPS) is 18.1. The number of rotatable bonds is 3. The quantitative estimate of drug-likeness (QED) is 0.705. The van der Waals surface area contributed by atoms with Crippen LogP contribution in [0, 0.1) is 0 Å². The topological polar surface area (TPSA) is 48.4 Å². The predicted octanol–water partition coefficient (Wildman–Crippen LogP) is 1.51. The van der Waals surface area contributed by atoms with Gasteiger partial charge in [0.2, 0.25) is 0 Å². The van der Waals surface area contributed by atoms with E-state index in [1.165, 1.54) is 0 Å². The zero-order valence-corrected chi connectivity index (χ0v) is 8.60. The Balaban J connectivity index is 2.04. The minimum atomic E-state index is -0.190. The first-order valence-corrected chi connectivity index (χ1v) is 5.04. The smallest absolute Gasteiger partial charge is 0.306 e. The van der Waals surface area contributed by atoms with Gasteiger partial charge in [-0.05, 0) is 19.1 Å². The van der Waals surface area contributed by atoms with E-state index in [4.69, 9.17) is 9.47 Å². The van der Waals surface area contributed by atoms with E-state index in [1.54, 1.807) is 13.1 Å². The van der Waals surface area contributed by atoms with Crippen molar-refractivity contribution in [1.29, 1.82) is 0 Å². The number of esters is 1. The lowest BCUT2D eigenvalue weighted by Crippen LogP contribution is -2.11. The molecule has 2 heterocycles.